The average molecular weight is 1700 g/mol. The van der Waals surface area contributed by atoms with Crippen molar-refractivity contribution >= 4 is 226 Å². The van der Waals surface area contributed by atoms with Crippen molar-refractivity contribution in [3.63, 3.8) is 0 Å². The van der Waals surface area contributed by atoms with E-state index in [-0.39, 0.29) is 0 Å². The van der Waals surface area contributed by atoms with Gasteiger partial charge in [-0.15, -0.1) is 102 Å². The minimum absolute atomic E-state index is 0.566. The molecule has 16 heteroatoms. The summed E-state index contributed by atoms with van der Waals surface area (Å²) in [6, 6.07) is 41.4. The summed E-state index contributed by atoms with van der Waals surface area (Å²) in [7, 11) is -9.08. The smallest absolute Gasteiger partial charge is 0.423 e. The maximum absolute atomic E-state index is 8.89. The summed E-state index contributed by atoms with van der Waals surface area (Å²) in [4.78, 5) is 5.30. The van der Waals surface area contributed by atoms with Crippen molar-refractivity contribution in [3.05, 3.63) is 145 Å². The number of benzene rings is 5. The zero-order valence-corrected chi connectivity index (χ0v) is 78.4. The van der Waals surface area contributed by atoms with Crippen LogP contribution >= 0.6 is 111 Å². The highest BCUT2D eigenvalue weighted by atomic mass is 79.9. The van der Waals surface area contributed by atoms with Crippen molar-refractivity contribution in [2.45, 2.75) is 233 Å². The van der Waals surface area contributed by atoms with Crippen LogP contribution in [0.5, 0.6) is 0 Å². The molecule has 544 valence electrons. The summed E-state index contributed by atoms with van der Waals surface area (Å²) in [5, 5.41) is 26.5. The van der Waals surface area contributed by atoms with Crippen molar-refractivity contribution in [1.29, 1.82) is 0 Å². The van der Waals surface area contributed by atoms with Crippen LogP contribution in [0.15, 0.2) is 123 Å². The van der Waals surface area contributed by atoms with Crippen LogP contribution < -0.4 is 4.78 Å². The van der Waals surface area contributed by atoms with Crippen LogP contribution in [0.2, 0.25) is 66.5 Å². The molecule has 0 unspecified atom stereocenters. The van der Waals surface area contributed by atoms with Crippen LogP contribution in [0.1, 0.15) is 188 Å². The first-order chi connectivity index (χ1) is 49.1. The van der Waals surface area contributed by atoms with Gasteiger partial charge in [0.05, 0.1) is 48.6 Å². The average Bonchev–Trinajstić information content (AvgIpc) is 1.53. The molecule has 0 saturated carbocycles. The molecule has 5 aromatic carbocycles. The van der Waals surface area contributed by atoms with Crippen LogP contribution in [0.25, 0.3) is 90.1 Å². The van der Waals surface area contributed by atoms with E-state index < -0.39 is 39.4 Å². The van der Waals surface area contributed by atoms with Gasteiger partial charge in [-0.25, -0.2) is 0 Å². The van der Waals surface area contributed by atoms with Gasteiger partial charge in [0.25, 0.3) is 0 Å². The van der Waals surface area contributed by atoms with Gasteiger partial charge in [-0.1, -0.05) is 244 Å². The van der Waals surface area contributed by atoms with E-state index in [1.165, 1.54) is 114 Å². The molecule has 12 aromatic rings. The lowest BCUT2D eigenvalue weighted by Gasteiger charge is -2.38. The van der Waals surface area contributed by atoms with Crippen LogP contribution in [0.4, 0.5) is 0 Å². The van der Waals surface area contributed by atoms with Gasteiger partial charge in [0.15, 0.2) is 0 Å². The molecule has 0 bridgehead atoms. The van der Waals surface area contributed by atoms with E-state index in [1.54, 1.807) is 6.07 Å². The van der Waals surface area contributed by atoms with Crippen molar-refractivity contribution in [2.24, 2.45) is 0 Å². The Hall–Kier alpha value is -4.13. The first kappa shape index (κ1) is 82.4. The summed E-state index contributed by atoms with van der Waals surface area (Å²) >= 11 is 20.3. The Kier molecular flexibility index (Phi) is 26.6. The Balaban J connectivity index is 0.000000200. The van der Waals surface area contributed by atoms with Gasteiger partial charge in [-0.3, -0.25) is 0 Å². The summed E-state index contributed by atoms with van der Waals surface area (Å²) < 4.78 is 11.8. The van der Waals surface area contributed by atoms with Crippen molar-refractivity contribution in [3.8, 4) is 65.4 Å². The third-order valence-corrected chi connectivity index (χ3v) is 57.5. The van der Waals surface area contributed by atoms with Crippen LogP contribution in [0, 0.1) is 45.9 Å². The maximum atomic E-state index is 8.89. The van der Waals surface area contributed by atoms with Gasteiger partial charge in [0, 0.05) is 59.9 Å². The predicted octanol–water partition coefficient (Wildman–Crippen LogP) is 30.4. The highest BCUT2D eigenvalue weighted by Gasteiger charge is 2.45. The Labute approximate surface area is 672 Å². The Morgan fingerprint density at radius 3 is 0.769 bits per heavy atom. The van der Waals surface area contributed by atoms with Crippen molar-refractivity contribution in [2.75, 3.05) is 0 Å². The van der Waals surface area contributed by atoms with Gasteiger partial charge in [0.2, 0.25) is 0 Å². The third-order valence-electron chi connectivity index (χ3n) is 23.0. The summed E-state index contributed by atoms with van der Waals surface area (Å²) in [5.74, 6) is 15.8. The maximum Gasteiger partial charge on any atom is 0.499 e. The molecule has 0 radical (unpaired) electrons. The normalized spacial score (nSPS) is 12.6. The van der Waals surface area contributed by atoms with Gasteiger partial charge in [0.1, 0.15) is 32.3 Å². The minimum atomic E-state index is -2.01. The summed E-state index contributed by atoms with van der Waals surface area (Å²) in [6.45, 7) is 57.8. The molecule has 0 aliphatic rings. The second-order valence-corrected chi connectivity index (χ2v) is 64.8. The van der Waals surface area contributed by atoms with E-state index in [1.807, 2.05) is 92.3 Å². The lowest BCUT2D eigenvalue weighted by molar-refractivity contribution is 0.427. The lowest BCUT2D eigenvalue weighted by atomic mass is 9.89. The highest BCUT2D eigenvalue weighted by molar-refractivity contribution is 9.11. The van der Waals surface area contributed by atoms with E-state index in [2.05, 4.69) is 329 Å². The number of hydrogen-bond donors (Lipinski definition) is 2. The van der Waals surface area contributed by atoms with Crippen molar-refractivity contribution in [1.82, 2.24) is 0 Å². The van der Waals surface area contributed by atoms with Crippen LogP contribution in [-0.4, -0.2) is 49.5 Å². The lowest BCUT2D eigenvalue weighted by Crippen LogP contribution is -2.43. The number of rotatable bonds is 15. The summed E-state index contributed by atoms with van der Waals surface area (Å²) in [5.41, 5.74) is 28.2. The molecule has 0 aliphatic carbocycles. The topological polar surface area (TPSA) is 40.5 Å². The monoisotopic (exact) mass is 1700 g/mol. The fourth-order valence-electron chi connectivity index (χ4n) is 18.0. The Bertz CT molecular complexity index is 4780. The minimum Gasteiger partial charge on any atom is -0.423 e. The Morgan fingerprint density at radius 1 is 0.288 bits per heavy atom. The molecular weight excluding hydrogens is 1600 g/mol. The quantitative estimate of drug-likeness (QED) is 0.0793. The van der Waals surface area contributed by atoms with Gasteiger partial charge < -0.3 is 10.0 Å². The number of thiophene rings is 7. The molecule has 104 heavy (non-hydrogen) atoms. The zero-order valence-electron chi connectivity index (χ0n) is 65.5. The van der Waals surface area contributed by atoms with Crippen LogP contribution in [0.3, 0.4) is 0 Å². The SMILES string of the molecule is CC(C)[Si](C#Cc1c2cc(-c3cc4ccccc4s3)sc2c(C#C[Si](C(C)C)(C(C)C)C(C)C)c2cc(-c3cc4ccccc4s3)sc12)(C(C)C)C(C)C.CC(C)[Si](C#Cc1c2cc(Br)sc2c(C#C[Si](C(C)C)(C(C)C)C(C)C)c2cc(Br)sc12)(C(C)C)C(C)C.OB(O)c1cc2ccccc2s1. The molecule has 0 fully saturated rings. The predicted molar refractivity (Wildman–Crippen MR) is 495 cm³/mol. The first-order valence-corrected chi connectivity index (χ1v) is 53.6. The fourth-order valence-corrected chi connectivity index (χ4v) is 47.6. The molecule has 0 spiro atoms. The van der Waals surface area contributed by atoms with E-state index >= 15 is 0 Å². The van der Waals surface area contributed by atoms with E-state index in [0.717, 1.165) is 17.7 Å². The zero-order chi connectivity index (χ0) is 76.0. The second-order valence-electron chi connectivity index (χ2n) is 32.2. The molecule has 0 atom stereocenters. The molecule has 2 N–H and O–H groups in total. The van der Waals surface area contributed by atoms with E-state index in [4.69, 9.17) is 10.0 Å². The standard InChI is InChI=1S/C48H54S4Si2.C32H44Br2S2Si2.C8H7BO2S/c1-29(2)53(30(3)4,31(5)6)23-21-37-39-27-45(43-25-35-17-13-15-19-41(35)49-43)52-48(39)38(22-24-54(32(7)8,33(9)10)34(11)12)40-28-46(51-47(37)40)44-26-36-18-14-16-20-42(36)50-44;1-19(2)37(20(3)4,21(5)6)15-13-25-27-17-29(33)36-32(27)26(28-18-30(34)35-31(25)28)14-16-38(22(7)8,23(9)10)24(11)12;10-9(11)8-5-6-3-1-2-4-7(6)12-8/h13-20,25-34H,1-12H3;17-24H,1-12H3;1-5,10-11H. The van der Waals surface area contributed by atoms with Gasteiger partial charge >= 0.3 is 7.12 Å². The Morgan fingerprint density at radius 2 is 0.519 bits per heavy atom. The van der Waals surface area contributed by atoms with Crippen LogP contribution in [-0.2, 0) is 0 Å². The fraction of sp³-hybridized carbons (Fsp3) is 0.409. The molecule has 2 nitrogen and oxygen atoms in total. The molecule has 7 aromatic heterocycles. The first-order valence-electron chi connectivity index (χ1n) is 37.4. The van der Waals surface area contributed by atoms with Gasteiger partial charge in [-0.05, 0) is 175 Å². The molecular formula is C88H105BBr2O2S7Si4. The molecule has 12 rings (SSSR count). The second kappa shape index (κ2) is 33.6. The molecule has 0 saturated heterocycles. The van der Waals surface area contributed by atoms with E-state index in [9.17, 15) is 0 Å². The van der Waals surface area contributed by atoms with Crippen molar-refractivity contribution < 1.29 is 10.0 Å². The third kappa shape index (κ3) is 15.8. The molecule has 7 heterocycles. The molecule has 0 aliphatic heterocycles. The van der Waals surface area contributed by atoms with E-state index in [0.29, 0.717) is 71.3 Å². The number of fused-ring (bicyclic) bond motifs is 7. The molecule has 0 amide bonds. The van der Waals surface area contributed by atoms with Gasteiger partial charge in [-0.2, -0.15) is 0 Å². The number of halogens is 2. The highest BCUT2D eigenvalue weighted by Crippen LogP contribution is 2.52. The number of hydrogen-bond acceptors (Lipinski definition) is 9. The summed E-state index contributed by atoms with van der Waals surface area (Å²) in [6.07, 6.45) is 0. The largest absolute Gasteiger partial charge is 0.499 e.